The van der Waals surface area contributed by atoms with E-state index < -0.39 is 23.5 Å². The Morgan fingerprint density at radius 2 is 1.65 bits per heavy atom. The summed E-state index contributed by atoms with van der Waals surface area (Å²) in [4.78, 5) is 12.3. The Labute approximate surface area is 204 Å². The molecule has 1 N–H and O–H groups in total. The van der Waals surface area contributed by atoms with Crippen LogP contribution in [0.5, 0.6) is 17.2 Å². The van der Waals surface area contributed by atoms with Crippen molar-refractivity contribution in [2.75, 3.05) is 0 Å². The highest BCUT2D eigenvalue weighted by Crippen LogP contribution is 2.51. The summed E-state index contributed by atoms with van der Waals surface area (Å²) in [5, 5.41) is 3.37. The first-order chi connectivity index (χ1) is 16.3. The van der Waals surface area contributed by atoms with E-state index in [4.69, 9.17) is 37.4 Å². The average Bonchev–Trinajstić information content (AvgIpc) is 3.42. The third-order valence-electron chi connectivity index (χ3n) is 5.90. The standard InChI is InChI=1S/C25H19Cl2F2NO4/c26-15-7-10-18(19(27)11-15)25(14-5-8-16(28)9-6-14)33-22-12-20(29)21(13-23(22)34-25)32-24(31)30-17-3-1-2-4-17/h5-13,17H,1-4H2,(H,30,31). The Balaban J connectivity index is 1.50. The number of ether oxygens (including phenoxy) is 3. The summed E-state index contributed by atoms with van der Waals surface area (Å²) in [7, 11) is 0. The topological polar surface area (TPSA) is 56.8 Å². The SMILES string of the molecule is O=C(NC1CCCC1)Oc1cc2c(cc1F)OC(c1ccc(F)cc1)(c1ccc(Cl)cc1Cl)O2. The predicted molar refractivity (Wildman–Crippen MR) is 123 cm³/mol. The van der Waals surface area contributed by atoms with Gasteiger partial charge in [0.15, 0.2) is 23.1 Å². The molecule has 1 fully saturated rings. The molecule has 1 aliphatic carbocycles. The van der Waals surface area contributed by atoms with Crippen LogP contribution in [0.3, 0.4) is 0 Å². The number of carbonyl (C=O) groups excluding carboxylic acids is 1. The van der Waals surface area contributed by atoms with Crippen molar-refractivity contribution in [2.24, 2.45) is 0 Å². The molecule has 5 rings (SSSR count). The van der Waals surface area contributed by atoms with Crippen molar-refractivity contribution in [3.05, 3.63) is 87.4 Å². The summed E-state index contributed by atoms with van der Waals surface area (Å²) in [6.07, 6.45) is 3.04. The van der Waals surface area contributed by atoms with Gasteiger partial charge in [-0.05, 0) is 55.3 Å². The van der Waals surface area contributed by atoms with Crippen LogP contribution in [0.4, 0.5) is 13.6 Å². The van der Waals surface area contributed by atoms with Crippen LogP contribution in [0.25, 0.3) is 0 Å². The number of amides is 1. The Morgan fingerprint density at radius 3 is 2.32 bits per heavy atom. The summed E-state index contributed by atoms with van der Waals surface area (Å²) in [5.74, 6) is -3.02. The molecule has 5 nitrogen and oxygen atoms in total. The number of rotatable bonds is 4. The van der Waals surface area contributed by atoms with Crippen molar-refractivity contribution in [3.8, 4) is 17.2 Å². The van der Waals surface area contributed by atoms with Crippen molar-refractivity contribution < 1.29 is 27.8 Å². The van der Waals surface area contributed by atoms with E-state index in [1.54, 1.807) is 12.1 Å². The second kappa shape index (κ2) is 8.96. The quantitative estimate of drug-likeness (QED) is 0.415. The summed E-state index contributed by atoms with van der Waals surface area (Å²) >= 11 is 12.5. The second-order valence-electron chi connectivity index (χ2n) is 8.20. The molecule has 0 aromatic heterocycles. The highest BCUT2D eigenvalue weighted by Gasteiger charge is 2.47. The molecule has 1 heterocycles. The van der Waals surface area contributed by atoms with Crippen LogP contribution < -0.4 is 19.5 Å². The van der Waals surface area contributed by atoms with Crippen LogP contribution in [0.15, 0.2) is 54.6 Å². The van der Waals surface area contributed by atoms with Crippen molar-refractivity contribution in [2.45, 2.75) is 37.5 Å². The fourth-order valence-electron chi connectivity index (χ4n) is 4.26. The summed E-state index contributed by atoms with van der Waals surface area (Å²) in [6, 6.07) is 12.5. The monoisotopic (exact) mass is 505 g/mol. The fraction of sp³-hybridized carbons (Fsp3) is 0.240. The third-order valence-corrected chi connectivity index (χ3v) is 6.44. The predicted octanol–water partition coefficient (Wildman–Crippen LogP) is 6.98. The van der Waals surface area contributed by atoms with E-state index >= 15 is 0 Å². The van der Waals surface area contributed by atoms with Crippen molar-refractivity contribution in [3.63, 3.8) is 0 Å². The molecule has 2 aliphatic rings. The first kappa shape index (κ1) is 22.7. The molecular formula is C25H19Cl2F2NO4. The number of halogens is 4. The van der Waals surface area contributed by atoms with Crippen LogP contribution in [0.1, 0.15) is 36.8 Å². The minimum atomic E-state index is -1.64. The fourth-order valence-corrected chi connectivity index (χ4v) is 4.79. The number of benzene rings is 3. The van der Waals surface area contributed by atoms with Gasteiger partial charge in [-0.3, -0.25) is 0 Å². The Kier molecular flexibility index (Phi) is 6.00. The van der Waals surface area contributed by atoms with E-state index in [9.17, 15) is 13.6 Å². The molecule has 1 unspecified atom stereocenters. The van der Waals surface area contributed by atoms with Gasteiger partial charge < -0.3 is 19.5 Å². The largest absolute Gasteiger partial charge is 0.440 e. The zero-order valence-corrected chi connectivity index (χ0v) is 19.3. The lowest BCUT2D eigenvalue weighted by Crippen LogP contribution is -2.37. The molecule has 0 saturated heterocycles. The van der Waals surface area contributed by atoms with E-state index in [0.717, 1.165) is 31.7 Å². The molecule has 34 heavy (non-hydrogen) atoms. The van der Waals surface area contributed by atoms with Crippen LogP contribution in [-0.2, 0) is 5.79 Å². The molecule has 9 heteroatoms. The van der Waals surface area contributed by atoms with Gasteiger partial charge >= 0.3 is 11.9 Å². The summed E-state index contributed by atoms with van der Waals surface area (Å²) in [6.45, 7) is 0. The minimum Gasteiger partial charge on any atom is -0.440 e. The molecule has 0 bridgehead atoms. The lowest BCUT2D eigenvalue weighted by atomic mass is 9.97. The van der Waals surface area contributed by atoms with Gasteiger partial charge in [-0.1, -0.05) is 36.0 Å². The molecule has 3 aromatic carbocycles. The number of hydrogen-bond donors (Lipinski definition) is 1. The Morgan fingerprint density at radius 1 is 0.971 bits per heavy atom. The normalized spacial score (nSPS) is 19.3. The van der Waals surface area contributed by atoms with E-state index in [2.05, 4.69) is 5.32 Å². The van der Waals surface area contributed by atoms with E-state index in [1.165, 1.54) is 36.4 Å². The maximum atomic E-state index is 14.8. The van der Waals surface area contributed by atoms with Crippen molar-refractivity contribution in [1.82, 2.24) is 5.32 Å². The molecule has 1 amide bonds. The smallest absolute Gasteiger partial charge is 0.412 e. The molecule has 0 radical (unpaired) electrons. The molecule has 176 valence electrons. The maximum Gasteiger partial charge on any atom is 0.412 e. The molecular weight excluding hydrogens is 487 g/mol. The third kappa shape index (κ3) is 4.26. The average molecular weight is 506 g/mol. The molecule has 1 aliphatic heterocycles. The van der Waals surface area contributed by atoms with E-state index in [1.807, 2.05) is 0 Å². The second-order valence-corrected chi connectivity index (χ2v) is 9.04. The summed E-state index contributed by atoms with van der Waals surface area (Å²) in [5.41, 5.74) is 0.791. The van der Waals surface area contributed by atoms with Crippen molar-refractivity contribution >= 4 is 29.3 Å². The highest BCUT2D eigenvalue weighted by atomic mass is 35.5. The van der Waals surface area contributed by atoms with E-state index in [-0.39, 0.29) is 28.3 Å². The van der Waals surface area contributed by atoms with Gasteiger partial charge in [0.25, 0.3) is 0 Å². The van der Waals surface area contributed by atoms with Crippen LogP contribution >= 0.6 is 23.2 Å². The Hall–Kier alpha value is -3.03. The van der Waals surface area contributed by atoms with Crippen LogP contribution in [0.2, 0.25) is 10.0 Å². The van der Waals surface area contributed by atoms with Gasteiger partial charge in [-0.15, -0.1) is 0 Å². The number of carbonyl (C=O) groups is 1. The molecule has 3 aromatic rings. The summed E-state index contributed by atoms with van der Waals surface area (Å²) < 4.78 is 46.0. The maximum absolute atomic E-state index is 14.8. The lowest BCUT2D eigenvalue weighted by molar-refractivity contribution is -0.0459. The first-order valence-corrected chi connectivity index (χ1v) is 11.5. The zero-order valence-electron chi connectivity index (χ0n) is 17.7. The van der Waals surface area contributed by atoms with Crippen LogP contribution in [-0.4, -0.2) is 12.1 Å². The van der Waals surface area contributed by atoms with Crippen LogP contribution in [0, 0.1) is 11.6 Å². The number of hydrogen-bond acceptors (Lipinski definition) is 4. The number of nitrogens with one attached hydrogen (secondary N) is 1. The van der Waals surface area contributed by atoms with Gasteiger partial charge in [-0.2, -0.15) is 0 Å². The first-order valence-electron chi connectivity index (χ1n) is 10.8. The molecule has 1 saturated carbocycles. The van der Waals surface area contributed by atoms with Gasteiger partial charge in [0.2, 0.25) is 0 Å². The van der Waals surface area contributed by atoms with E-state index in [0.29, 0.717) is 16.1 Å². The zero-order chi connectivity index (χ0) is 23.9. The van der Waals surface area contributed by atoms with Gasteiger partial charge in [0.1, 0.15) is 5.82 Å². The molecule has 0 spiro atoms. The van der Waals surface area contributed by atoms with Crippen molar-refractivity contribution in [1.29, 1.82) is 0 Å². The highest BCUT2D eigenvalue weighted by molar-refractivity contribution is 6.35. The minimum absolute atomic E-state index is 0.0164. The van der Waals surface area contributed by atoms with Gasteiger partial charge in [0, 0.05) is 28.8 Å². The molecule has 1 atom stereocenters. The lowest BCUT2D eigenvalue weighted by Gasteiger charge is -2.29. The Bertz CT molecular complexity index is 1250. The number of fused-ring (bicyclic) bond motifs is 1. The van der Waals surface area contributed by atoms with Gasteiger partial charge in [-0.25, -0.2) is 13.6 Å². The van der Waals surface area contributed by atoms with Gasteiger partial charge in [0.05, 0.1) is 10.6 Å².